The number of aliphatic imine (C=N–C) groups is 1. The molecule has 0 saturated heterocycles. The van der Waals surface area contributed by atoms with E-state index in [1.54, 1.807) is 32.4 Å². The highest BCUT2D eigenvalue weighted by Crippen LogP contribution is 2.31. The number of methoxy groups -OCH3 is 1. The Hall–Kier alpha value is -2.24. The lowest BCUT2D eigenvalue weighted by atomic mass is 10.3. The van der Waals surface area contributed by atoms with Crippen LogP contribution in [-0.4, -0.2) is 20.0 Å². The largest absolute Gasteiger partial charge is 0.495 e. The molecule has 0 aromatic heterocycles. The van der Waals surface area contributed by atoms with Crippen LogP contribution >= 0.6 is 11.6 Å². The Morgan fingerprint density at radius 1 is 1.09 bits per heavy atom. The molecule has 0 amide bonds. The van der Waals surface area contributed by atoms with Crippen molar-refractivity contribution < 1.29 is 9.47 Å². The lowest BCUT2D eigenvalue weighted by Crippen LogP contribution is -2.31. The molecule has 0 aliphatic heterocycles. The molecule has 0 aliphatic rings. The molecule has 0 atom stereocenters. The number of halogens is 1. The number of hydrazine groups is 1. The molecule has 0 heterocycles. The number of hydrogen-bond donors (Lipinski definition) is 2. The molecule has 116 valence electrons. The molecule has 22 heavy (non-hydrogen) atoms. The van der Waals surface area contributed by atoms with Crippen LogP contribution in [0, 0.1) is 0 Å². The summed E-state index contributed by atoms with van der Waals surface area (Å²) in [5.41, 5.74) is 6.56. The van der Waals surface area contributed by atoms with Crippen molar-refractivity contribution in [3.63, 3.8) is 0 Å². The third-order valence-electron chi connectivity index (χ3n) is 2.80. The van der Waals surface area contributed by atoms with E-state index in [4.69, 9.17) is 21.1 Å². The van der Waals surface area contributed by atoms with E-state index in [1.807, 2.05) is 31.2 Å². The standard InChI is InChI=1S/C16H18ClN3O2/c1-11(20-18-2)19-12-4-6-13(7-5-12)22-14-8-9-15(17)16(10-14)21-3/h4-10,18H,1-3H3,(H,19,20). The minimum Gasteiger partial charge on any atom is -0.495 e. The van der Waals surface area contributed by atoms with Gasteiger partial charge >= 0.3 is 0 Å². The summed E-state index contributed by atoms with van der Waals surface area (Å²) >= 11 is 5.99. The number of nitrogens with one attached hydrogen (secondary N) is 2. The van der Waals surface area contributed by atoms with Crippen molar-refractivity contribution in [2.75, 3.05) is 14.2 Å². The lowest BCUT2D eigenvalue weighted by Gasteiger charge is -2.09. The number of rotatable bonds is 5. The summed E-state index contributed by atoms with van der Waals surface area (Å²) in [7, 11) is 3.36. The number of benzene rings is 2. The van der Waals surface area contributed by atoms with Crippen molar-refractivity contribution in [3.05, 3.63) is 47.5 Å². The monoisotopic (exact) mass is 319 g/mol. The van der Waals surface area contributed by atoms with Crippen LogP contribution in [0.3, 0.4) is 0 Å². The SMILES string of the molecule is CNNC(C)=Nc1ccc(Oc2ccc(Cl)c(OC)c2)cc1. The van der Waals surface area contributed by atoms with Crippen molar-refractivity contribution in [2.24, 2.45) is 4.99 Å². The number of hydrogen-bond acceptors (Lipinski definition) is 4. The Morgan fingerprint density at radius 2 is 1.77 bits per heavy atom. The molecule has 0 aliphatic carbocycles. The van der Waals surface area contributed by atoms with Gasteiger partial charge in [-0.2, -0.15) is 0 Å². The molecule has 0 spiro atoms. The lowest BCUT2D eigenvalue weighted by molar-refractivity contribution is 0.409. The van der Waals surface area contributed by atoms with Gasteiger partial charge in [-0.05, 0) is 43.3 Å². The molecule has 5 nitrogen and oxygen atoms in total. The fourth-order valence-corrected chi connectivity index (χ4v) is 2.03. The fourth-order valence-electron chi connectivity index (χ4n) is 1.83. The van der Waals surface area contributed by atoms with Crippen LogP contribution in [0.15, 0.2) is 47.5 Å². The Morgan fingerprint density at radius 3 is 2.41 bits per heavy atom. The van der Waals surface area contributed by atoms with Crippen molar-refractivity contribution >= 4 is 23.1 Å². The Kier molecular flexibility index (Phi) is 5.63. The van der Waals surface area contributed by atoms with Crippen LogP contribution in [0.1, 0.15) is 6.92 Å². The Bertz CT molecular complexity index is 657. The second kappa shape index (κ2) is 7.68. The van der Waals surface area contributed by atoms with Crippen molar-refractivity contribution in [2.45, 2.75) is 6.92 Å². The van der Waals surface area contributed by atoms with Gasteiger partial charge in [-0.25, -0.2) is 10.4 Å². The van der Waals surface area contributed by atoms with Crippen LogP contribution in [0.2, 0.25) is 5.02 Å². The van der Waals surface area contributed by atoms with E-state index in [0.717, 1.165) is 11.5 Å². The highest BCUT2D eigenvalue weighted by atomic mass is 35.5. The zero-order chi connectivity index (χ0) is 15.9. The summed E-state index contributed by atoms with van der Waals surface area (Å²) in [4.78, 5) is 4.39. The average molecular weight is 320 g/mol. The highest BCUT2D eigenvalue weighted by Gasteiger charge is 2.04. The first-order valence-electron chi connectivity index (χ1n) is 6.72. The Balaban J connectivity index is 2.10. The first-order valence-corrected chi connectivity index (χ1v) is 7.09. The predicted molar refractivity (Wildman–Crippen MR) is 89.5 cm³/mol. The van der Waals surface area contributed by atoms with Gasteiger partial charge in [-0.15, -0.1) is 0 Å². The van der Waals surface area contributed by atoms with Gasteiger partial charge in [-0.3, -0.25) is 0 Å². The summed E-state index contributed by atoms with van der Waals surface area (Å²) in [6.45, 7) is 1.88. The molecule has 6 heteroatoms. The van der Waals surface area contributed by atoms with Crippen LogP contribution in [0.4, 0.5) is 5.69 Å². The molecule has 2 rings (SSSR count). The molecule has 0 bridgehead atoms. The van der Waals surface area contributed by atoms with E-state index in [1.165, 1.54) is 0 Å². The molecule has 2 N–H and O–H groups in total. The van der Waals surface area contributed by atoms with Gasteiger partial charge in [0.1, 0.15) is 23.1 Å². The fraction of sp³-hybridized carbons (Fsp3) is 0.188. The van der Waals surface area contributed by atoms with E-state index < -0.39 is 0 Å². The van der Waals surface area contributed by atoms with E-state index in [0.29, 0.717) is 22.3 Å². The quantitative estimate of drug-likeness (QED) is 0.498. The van der Waals surface area contributed by atoms with Gasteiger partial charge in [0.25, 0.3) is 0 Å². The summed E-state index contributed by atoms with van der Waals surface area (Å²) in [6, 6.07) is 12.7. The zero-order valence-corrected chi connectivity index (χ0v) is 13.4. The first-order chi connectivity index (χ1) is 10.6. The predicted octanol–water partition coefficient (Wildman–Crippen LogP) is 3.91. The van der Waals surface area contributed by atoms with E-state index in [9.17, 15) is 0 Å². The van der Waals surface area contributed by atoms with Gasteiger partial charge in [0.2, 0.25) is 0 Å². The summed E-state index contributed by atoms with van der Waals surface area (Å²) in [6.07, 6.45) is 0. The smallest absolute Gasteiger partial charge is 0.141 e. The molecular formula is C16H18ClN3O2. The topological polar surface area (TPSA) is 54.9 Å². The van der Waals surface area contributed by atoms with Crippen LogP contribution in [0.5, 0.6) is 17.2 Å². The maximum atomic E-state index is 5.99. The van der Waals surface area contributed by atoms with Crippen molar-refractivity contribution in [1.29, 1.82) is 0 Å². The number of amidine groups is 1. The summed E-state index contributed by atoms with van der Waals surface area (Å²) < 4.78 is 10.9. The van der Waals surface area contributed by atoms with Gasteiger partial charge < -0.3 is 14.9 Å². The van der Waals surface area contributed by atoms with Gasteiger partial charge in [0, 0.05) is 13.1 Å². The first kappa shape index (κ1) is 16.1. The molecule has 2 aromatic rings. The van der Waals surface area contributed by atoms with Crippen molar-refractivity contribution in [3.8, 4) is 17.2 Å². The second-order valence-corrected chi connectivity index (χ2v) is 4.87. The minimum atomic E-state index is 0.548. The molecule has 2 aromatic carbocycles. The molecular weight excluding hydrogens is 302 g/mol. The van der Waals surface area contributed by atoms with Crippen molar-refractivity contribution in [1.82, 2.24) is 10.9 Å². The third-order valence-corrected chi connectivity index (χ3v) is 3.11. The maximum Gasteiger partial charge on any atom is 0.141 e. The van der Waals surface area contributed by atoms with Crippen LogP contribution in [0.25, 0.3) is 0 Å². The van der Waals surface area contributed by atoms with E-state index in [2.05, 4.69) is 15.8 Å². The molecule has 0 saturated carbocycles. The average Bonchev–Trinajstić information content (AvgIpc) is 2.51. The van der Waals surface area contributed by atoms with Gasteiger partial charge in [-0.1, -0.05) is 11.6 Å². The third kappa shape index (κ3) is 4.38. The molecule has 0 radical (unpaired) electrons. The maximum absolute atomic E-state index is 5.99. The second-order valence-electron chi connectivity index (χ2n) is 4.46. The highest BCUT2D eigenvalue weighted by molar-refractivity contribution is 6.32. The van der Waals surface area contributed by atoms with Crippen LogP contribution < -0.4 is 20.3 Å². The number of nitrogens with zero attached hydrogens (tertiary/aromatic N) is 1. The molecule has 0 fully saturated rings. The number of ether oxygens (including phenoxy) is 2. The molecule has 0 unspecified atom stereocenters. The van der Waals surface area contributed by atoms with Crippen LogP contribution in [-0.2, 0) is 0 Å². The Labute approximate surface area is 134 Å². The van der Waals surface area contributed by atoms with E-state index >= 15 is 0 Å². The normalized spacial score (nSPS) is 11.2. The van der Waals surface area contributed by atoms with Gasteiger partial charge in [0.05, 0.1) is 17.8 Å². The van der Waals surface area contributed by atoms with E-state index in [-0.39, 0.29) is 0 Å². The summed E-state index contributed by atoms with van der Waals surface area (Å²) in [5.74, 6) is 2.72. The summed E-state index contributed by atoms with van der Waals surface area (Å²) in [5, 5.41) is 0.548. The minimum absolute atomic E-state index is 0.548. The zero-order valence-electron chi connectivity index (χ0n) is 12.7. The van der Waals surface area contributed by atoms with Gasteiger partial charge in [0.15, 0.2) is 0 Å².